The van der Waals surface area contributed by atoms with E-state index < -0.39 is 0 Å². The van der Waals surface area contributed by atoms with E-state index in [1.807, 2.05) is 25.7 Å². The predicted octanol–water partition coefficient (Wildman–Crippen LogP) is 8.04. The monoisotopic (exact) mass is 1020 g/mol. The lowest BCUT2D eigenvalue weighted by molar-refractivity contribution is -1.16. The first-order valence-corrected chi connectivity index (χ1v) is 39.8. The molecule has 0 aliphatic heterocycles. The third kappa shape index (κ3) is 0.719. The average Bonchev–Trinajstić information content (AvgIpc) is 0.443. The van der Waals surface area contributed by atoms with Gasteiger partial charge in [0.25, 0.3) is 0 Å². The van der Waals surface area contributed by atoms with Crippen LogP contribution in [-0.2, 0) is 0 Å². The summed E-state index contributed by atoms with van der Waals surface area (Å²) in [5, 5.41) is 0. The summed E-state index contributed by atoms with van der Waals surface area (Å²) in [5.74, 6) is 55.8. The van der Waals surface area contributed by atoms with Gasteiger partial charge in [-0.3, -0.25) is 0 Å². The van der Waals surface area contributed by atoms with Crippen LogP contribution < -0.4 is 0 Å². The molecule has 53 fully saturated rings. The van der Waals surface area contributed by atoms with E-state index >= 15 is 0 Å². The Hall–Kier alpha value is 0. The third-order valence-electron chi connectivity index (χ3n) is 65.8. The van der Waals surface area contributed by atoms with Crippen LogP contribution in [0.15, 0.2) is 0 Å². The highest BCUT2D eigenvalue weighted by Crippen LogP contribution is 3.66. The molecule has 72 unspecified atom stereocenters. The van der Waals surface area contributed by atoms with E-state index in [4.69, 9.17) is 0 Å². The maximum atomic E-state index is 1.91. The van der Waals surface area contributed by atoms with Crippen molar-refractivity contribution < 1.29 is 0 Å². The Balaban J connectivity index is 0.593. The van der Waals surface area contributed by atoms with Gasteiger partial charge in [-0.1, -0.05) is 12.8 Å². The maximum absolute atomic E-state index is 1.91. The van der Waals surface area contributed by atoms with Gasteiger partial charge < -0.3 is 0 Å². The molecule has 0 nitrogen and oxygen atoms in total. The van der Waals surface area contributed by atoms with E-state index in [9.17, 15) is 0 Å². The molecule has 80 heavy (non-hydrogen) atoms. The summed E-state index contributed by atoms with van der Waals surface area (Å²) in [6, 6.07) is 0. The molecule has 53 saturated carbocycles. The molecule has 53 rings (SSSR count). The van der Waals surface area contributed by atoms with Crippen molar-refractivity contribution in [2.24, 2.45) is 410 Å². The minimum Gasteiger partial charge on any atom is -0.0527 e. The Kier molecular flexibility index (Phi) is 1.68. The van der Waals surface area contributed by atoms with E-state index in [0.29, 0.717) is 0 Å². The van der Waals surface area contributed by atoms with Crippen LogP contribution >= 0.6 is 0 Å². The first-order valence-electron chi connectivity index (χ1n) is 39.8. The van der Waals surface area contributed by atoms with Crippen LogP contribution in [0.4, 0.5) is 0 Å². The van der Waals surface area contributed by atoms with Crippen molar-refractivity contribution >= 4 is 0 Å². The summed E-state index contributed by atoms with van der Waals surface area (Å²) in [6.07, 6.45) is 14.5. The predicted molar refractivity (Wildman–Crippen MR) is 254 cm³/mol. The Bertz CT molecular complexity index is 5300. The van der Waals surface area contributed by atoms with Gasteiger partial charge in [0.15, 0.2) is 0 Å². The second kappa shape index (κ2) is 4.69. The summed E-state index contributed by atoms with van der Waals surface area (Å²) in [7, 11) is 0. The molecule has 0 aromatic heterocycles. The maximum Gasteiger partial charge on any atom is -0.000462 e. The summed E-state index contributed by atoms with van der Waals surface area (Å²) in [5.41, 5.74) is 35.0. The average molecular weight is 1020 g/mol. The molecule has 0 N–H and O–H groups in total. The molecule has 376 valence electrons. The Morgan fingerprint density at radius 3 is 1.12 bits per heavy atom. The fourth-order valence-electron chi connectivity index (χ4n) is 82.5. The van der Waals surface area contributed by atoms with Crippen LogP contribution in [0.2, 0.25) is 0 Å². The number of hydrogen-bond acceptors (Lipinski definition) is 0. The van der Waals surface area contributed by atoms with E-state index in [1.165, 1.54) is 237 Å². The van der Waals surface area contributed by atoms with E-state index in [-0.39, 0.29) is 0 Å². The second-order valence-corrected chi connectivity index (χ2v) is 50.4. The van der Waals surface area contributed by atoms with Gasteiger partial charge in [-0.25, -0.2) is 0 Å². The summed E-state index contributed by atoms with van der Waals surface area (Å²) >= 11 is 0. The van der Waals surface area contributed by atoms with Gasteiger partial charge in [0, 0.05) is 0 Å². The molecule has 0 heteroatoms. The van der Waals surface area contributed by atoms with E-state index in [0.717, 1.165) is 173 Å². The van der Waals surface area contributed by atoms with Crippen molar-refractivity contribution in [3.05, 3.63) is 0 Å². The minimum absolute atomic E-state index is 1.03. The molecule has 0 aromatic carbocycles. The molecule has 0 radical (unpaired) electrons. The second-order valence-electron chi connectivity index (χ2n) is 50.4. The quantitative estimate of drug-likeness (QED) is 0.231. The lowest BCUT2D eigenvalue weighted by Crippen LogP contribution is -3.60. The highest BCUT2D eigenvalue weighted by Gasteiger charge is 3.65. The van der Waals surface area contributed by atoms with Crippen LogP contribution in [0.1, 0.15) is 51.4 Å². The van der Waals surface area contributed by atoms with Crippen LogP contribution in [0, 0.1) is 410 Å². The zero-order chi connectivity index (χ0) is 44.8. The first-order chi connectivity index (χ1) is 39.8. The van der Waals surface area contributed by atoms with Gasteiger partial charge in [0.2, 0.25) is 0 Å². The SMILES string of the molecule is C1CC2C3C4C56C(C1)CC5C1C5C7C8C9C%10C%11C%12C%13C%14C%15CCCC%16CC%17C%18C%19C%20C(C%21C%22C%23C%10C9%10C%239C%22%23C%21C%21C%22C%24C2C32C43C16C51C74C8%10C95C%21%23C%226C%242C31C645)C1C2C3C4C%11C%125C%136C%147C%15C8C%169C%10C%17C%18%11C%19%12C%201C21C32C45C63C87C94C%10%11C%121C243. The molecule has 0 amide bonds. The van der Waals surface area contributed by atoms with Gasteiger partial charge >= 0.3 is 0 Å². The van der Waals surface area contributed by atoms with E-state index in [1.54, 1.807) is 25.7 Å². The summed E-state index contributed by atoms with van der Waals surface area (Å²) in [6.45, 7) is 0. The Morgan fingerprint density at radius 1 is 0.200 bits per heavy atom. The molecule has 53 aliphatic carbocycles. The molecule has 32 spiro atoms. The van der Waals surface area contributed by atoms with Gasteiger partial charge in [-0.15, -0.1) is 0 Å². The largest absolute Gasteiger partial charge is 0.0527 e. The van der Waals surface area contributed by atoms with Crippen LogP contribution in [0.3, 0.4) is 0 Å². The lowest BCUT2D eigenvalue weighted by Gasteiger charge is -3.61. The topological polar surface area (TPSA) is 0 Å². The molecular weight excluding hydrogens is 961 g/mol. The molecule has 72 atom stereocenters. The smallest absolute Gasteiger partial charge is 0.000462 e. The van der Waals surface area contributed by atoms with Gasteiger partial charge in [0.1, 0.15) is 0 Å². The van der Waals surface area contributed by atoms with Crippen molar-refractivity contribution in [3.63, 3.8) is 0 Å². The molecule has 0 heterocycles. The van der Waals surface area contributed by atoms with Gasteiger partial charge in [0.05, 0.1) is 0 Å². The van der Waals surface area contributed by atoms with Crippen molar-refractivity contribution in [1.29, 1.82) is 0 Å². The number of rotatable bonds is 0. The Morgan fingerprint density at radius 2 is 0.562 bits per heavy atom. The fourth-order valence-corrected chi connectivity index (χ4v) is 82.5. The standard InChI is InChI=1S/C80H56/c1-3-9-7-13-21-35-27-16-18-28-38-29-17(15-26-34-19-11(5-1)23-47-50(9)48-24(13)52(21)60(35)55(27)31(16)42-45-41-30(15)54(26)59(34)51(19,23)72(47)74(50)73(48,52)77(60)65(42,55)69(45)64(41,54)76(59,72)80(69,74)77)33-40-44-37-25-14-8-10-4-2-6-12-20-36-43-39-32(18)56(28)61(38)57(29,33)66(40)70(44)67(37)58(25)49(10,14)46-22(12)53(20)62(36)68(43)63(39,56)75(61,66)79(68,70)78(62,67)71(46,53)58/h9-48H,1-8H2. The highest BCUT2D eigenvalue weighted by atomic mass is 15.7. The highest BCUT2D eigenvalue weighted by molar-refractivity contribution is 6.09. The molecular formula is C80H56. The van der Waals surface area contributed by atoms with Crippen molar-refractivity contribution in [2.75, 3.05) is 0 Å². The number of hydrogen-bond donors (Lipinski definition) is 0. The zero-order valence-corrected chi connectivity index (χ0v) is 44.8. The lowest BCUT2D eigenvalue weighted by atomic mass is 8.41. The van der Waals surface area contributed by atoms with Gasteiger partial charge in [-0.2, -0.15) is 0 Å². The van der Waals surface area contributed by atoms with Crippen molar-refractivity contribution in [2.45, 2.75) is 51.4 Å². The van der Waals surface area contributed by atoms with Crippen molar-refractivity contribution in [1.82, 2.24) is 0 Å². The summed E-state index contributed by atoms with van der Waals surface area (Å²) < 4.78 is 0. The molecule has 53 aliphatic rings. The van der Waals surface area contributed by atoms with Crippen molar-refractivity contribution in [3.8, 4) is 0 Å². The molecule has 0 saturated heterocycles. The third-order valence-corrected chi connectivity index (χ3v) is 65.8. The van der Waals surface area contributed by atoms with Crippen LogP contribution in [0.25, 0.3) is 0 Å². The first kappa shape index (κ1) is 28.7. The summed E-state index contributed by atoms with van der Waals surface area (Å²) in [4.78, 5) is 0. The Labute approximate surface area is 458 Å². The van der Waals surface area contributed by atoms with E-state index in [2.05, 4.69) is 0 Å². The fraction of sp³-hybridized carbons (Fsp3) is 1.00. The van der Waals surface area contributed by atoms with Gasteiger partial charge in [-0.05, 0) is 449 Å². The van der Waals surface area contributed by atoms with Crippen LogP contribution in [-0.4, -0.2) is 0 Å². The van der Waals surface area contributed by atoms with Crippen LogP contribution in [0.5, 0.6) is 0 Å². The molecule has 0 aromatic rings. The zero-order valence-electron chi connectivity index (χ0n) is 44.8. The number of fused-ring (bicyclic) bond motifs is 22. The normalized spacial score (nSPS) is 133. The molecule has 0 bridgehead atoms. The minimum atomic E-state index is 1.03.